The third-order valence-electron chi connectivity index (χ3n) is 4.10. The van der Waals surface area contributed by atoms with Crippen LogP contribution >= 0.6 is 0 Å². The Morgan fingerprint density at radius 1 is 0.656 bits per heavy atom. The molecule has 6 N–H and O–H groups in total. The van der Waals surface area contributed by atoms with Crippen LogP contribution < -0.4 is 10.6 Å². The van der Waals surface area contributed by atoms with Crippen LogP contribution in [0.3, 0.4) is 0 Å². The third-order valence-corrected chi connectivity index (χ3v) is 4.10. The predicted molar refractivity (Wildman–Crippen MR) is 114 cm³/mol. The van der Waals surface area contributed by atoms with E-state index in [2.05, 4.69) is 10.6 Å². The molecule has 10 nitrogen and oxygen atoms in total. The van der Waals surface area contributed by atoms with E-state index >= 15 is 0 Å². The van der Waals surface area contributed by atoms with Gasteiger partial charge in [-0.05, 0) is 35.4 Å². The molecule has 2 aromatic carbocycles. The highest BCUT2D eigenvalue weighted by Crippen LogP contribution is 2.12. The van der Waals surface area contributed by atoms with Crippen molar-refractivity contribution in [2.75, 3.05) is 0 Å². The lowest BCUT2D eigenvalue weighted by Gasteiger charge is -2.13. The molecule has 2 atom stereocenters. The summed E-state index contributed by atoms with van der Waals surface area (Å²) in [5.41, 5.74) is 1.47. The molecule has 172 valence electrons. The number of benzene rings is 2. The van der Waals surface area contributed by atoms with Crippen molar-refractivity contribution in [1.29, 1.82) is 0 Å². The fourth-order valence-corrected chi connectivity index (χ4v) is 2.63. The smallest absolute Gasteiger partial charge is 0.326 e. The van der Waals surface area contributed by atoms with E-state index in [1.807, 2.05) is 0 Å². The number of carbonyl (C=O) groups is 4. The highest BCUT2D eigenvalue weighted by atomic mass is 16.4. The molecule has 2 unspecified atom stereocenters. The molecule has 0 bridgehead atoms. The number of amides is 2. The molecule has 32 heavy (non-hydrogen) atoms. The highest BCUT2D eigenvalue weighted by Gasteiger charge is 2.19. The first-order valence-electron chi connectivity index (χ1n) is 9.53. The molecule has 0 saturated carbocycles. The monoisotopic (exact) mass is 446 g/mol. The first-order chi connectivity index (χ1) is 15.0. The van der Waals surface area contributed by atoms with Crippen LogP contribution in [-0.2, 0) is 32.0 Å². The van der Waals surface area contributed by atoms with Crippen molar-refractivity contribution in [1.82, 2.24) is 10.6 Å². The van der Waals surface area contributed by atoms with Gasteiger partial charge in [-0.1, -0.05) is 24.3 Å². The van der Waals surface area contributed by atoms with E-state index in [0.717, 1.165) is 11.1 Å². The summed E-state index contributed by atoms with van der Waals surface area (Å²) < 4.78 is 0. The molecule has 2 aromatic rings. The maximum Gasteiger partial charge on any atom is 0.326 e. The van der Waals surface area contributed by atoms with Crippen LogP contribution in [0.15, 0.2) is 48.5 Å². The number of phenols is 2. The number of carboxylic acids is 2. The van der Waals surface area contributed by atoms with Gasteiger partial charge >= 0.3 is 11.9 Å². The van der Waals surface area contributed by atoms with Gasteiger partial charge in [0.15, 0.2) is 0 Å². The van der Waals surface area contributed by atoms with Gasteiger partial charge < -0.3 is 31.1 Å². The number of carbonyl (C=O) groups excluding carboxylic acids is 2. The third kappa shape index (κ3) is 10.1. The van der Waals surface area contributed by atoms with Crippen LogP contribution in [0.1, 0.15) is 25.0 Å². The van der Waals surface area contributed by atoms with Gasteiger partial charge in [0.05, 0.1) is 0 Å². The Morgan fingerprint density at radius 3 is 1.16 bits per heavy atom. The van der Waals surface area contributed by atoms with Crippen LogP contribution in [0.4, 0.5) is 0 Å². The average molecular weight is 446 g/mol. The second-order valence-electron chi connectivity index (χ2n) is 6.92. The quantitative estimate of drug-likeness (QED) is 0.349. The summed E-state index contributed by atoms with van der Waals surface area (Å²) in [7, 11) is 0. The Bertz CT molecular complexity index is 848. The summed E-state index contributed by atoms with van der Waals surface area (Å²) >= 11 is 0. The molecule has 0 aromatic heterocycles. The van der Waals surface area contributed by atoms with Crippen LogP contribution in [0.25, 0.3) is 0 Å². The largest absolute Gasteiger partial charge is 0.508 e. The van der Waals surface area contributed by atoms with E-state index < -0.39 is 24.0 Å². The van der Waals surface area contributed by atoms with Gasteiger partial charge in [0, 0.05) is 26.7 Å². The second-order valence-corrected chi connectivity index (χ2v) is 6.92. The molecule has 0 aliphatic heterocycles. The van der Waals surface area contributed by atoms with E-state index in [9.17, 15) is 19.2 Å². The molecule has 0 radical (unpaired) electrons. The zero-order chi connectivity index (χ0) is 24.3. The van der Waals surface area contributed by atoms with Gasteiger partial charge in [-0.25, -0.2) is 9.59 Å². The molecule has 0 fully saturated rings. The van der Waals surface area contributed by atoms with Gasteiger partial charge in [0.1, 0.15) is 23.6 Å². The Hall–Kier alpha value is -4.08. The average Bonchev–Trinajstić information content (AvgIpc) is 2.70. The Labute approximate surface area is 184 Å². The normalized spacial score (nSPS) is 11.8. The van der Waals surface area contributed by atoms with Crippen molar-refractivity contribution in [3.63, 3.8) is 0 Å². The summed E-state index contributed by atoms with van der Waals surface area (Å²) in [5, 5.41) is 40.5. The summed E-state index contributed by atoms with van der Waals surface area (Å²) in [6, 6.07) is 10.5. The number of phenolic OH excluding ortho intramolecular Hbond substituents is 2. The van der Waals surface area contributed by atoms with Crippen molar-refractivity contribution in [3.05, 3.63) is 59.7 Å². The van der Waals surface area contributed by atoms with Crippen molar-refractivity contribution in [2.24, 2.45) is 0 Å². The lowest BCUT2D eigenvalue weighted by atomic mass is 10.1. The zero-order valence-corrected chi connectivity index (χ0v) is 17.6. The SMILES string of the molecule is CC(=O)NC(Cc1ccc(O)cc1)C(=O)O.CC(=O)NC(Cc1ccc(O)cc1)C(=O)O. The van der Waals surface area contributed by atoms with Crippen molar-refractivity contribution in [3.8, 4) is 11.5 Å². The topological polar surface area (TPSA) is 173 Å². The van der Waals surface area contributed by atoms with Crippen molar-refractivity contribution >= 4 is 23.8 Å². The van der Waals surface area contributed by atoms with Crippen LogP contribution in [0.2, 0.25) is 0 Å². The first kappa shape index (κ1) is 26.0. The standard InChI is InChI=1S/2C11H13NO4/c2*1-7(13)12-10(11(15)16)6-8-2-4-9(14)5-3-8/h2*2-5,10,14H,6H2,1H3,(H,12,13)(H,15,16). The molecule has 2 rings (SSSR count). The second kappa shape index (κ2) is 12.6. The fraction of sp³-hybridized carbons (Fsp3) is 0.273. The fourth-order valence-electron chi connectivity index (χ4n) is 2.63. The molecule has 2 amide bonds. The van der Waals surface area contributed by atoms with E-state index in [-0.39, 0.29) is 36.2 Å². The summed E-state index contributed by atoms with van der Waals surface area (Å²) in [5.74, 6) is -2.69. The highest BCUT2D eigenvalue weighted by molar-refractivity contribution is 5.82. The Balaban J connectivity index is 0.000000320. The van der Waals surface area contributed by atoms with Crippen molar-refractivity contribution < 1.29 is 39.6 Å². The number of hydrogen-bond acceptors (Lipinski definition) is 6. The van der Waals surface area contributed by atoms with E-state index in [4.69, 9.17) is 20.4 Å². The Kier molecular flexibility index (Phi) is 10.2. The first-order valence-corrected chi connectivity index (χ1v) is 9.53. The number of aliphatic carboxylic acids is 2. The van der Waals surface area contributed by atoms with Gasteiger partial charge in [-0.15, -0.1) is 0 Å². The number of hydrogen-bond donors (Lipinski definition) is 6. The van der Waals surface area contributed by atoms with E-state index in [1.165, 1.54) is 38.1 Å². The van der Waals surface area contributed by atoms with Gasteiger partial charge in [0.2, 0.25) is 11.8 Å². The minimum absolute atomic E-state index is 0.121. The van der Waals surface area contributed by atoms with Gasteiger partial charge in [-0.2, -0.15) is 0 Å². The molecule has 0 saturated heterocycles. The van der Waals surface area contributed by atoms with Gasteiger partial charge in [0.25, 0.3) is 0 Å². The molecule has 0 spiro atoms. The van der Waals surface area contributed by atoms with E-state index in [0.29, 0.717) is 0 Å². The molecular weight excluding hydrogens is 420 g/mol. The molecular formula is C22H26N2O8. The summed E-state index contributed by atoms with van der Waals surface area (Å²) in [6.45, 7) is 2.54. The number of aromatic hydroxyl groups is 2. The van der Waals surface area contributed by atoms with Crippen LogP contribution in [0.5, 0.6) is 11.5 Å². The molecule has 0 aliphatic rings. The minimum atomic E-state index is -1.08. The predicted octanol–water partition coefficient (Wildman–Crippen LogP) is 1.05. The lowest BCUT2D eigenvalue weighted by Crippen LogP contribution is -2.41. The molecule has 0 heterocycles. The zero-order valence-electron chi connectivity index (χ0n) is 17.6. The maximum absolute atomic E-state index is 10.8. The molecule has 10 heteroatoms. The van der Waals surface area contributed by atoms with Crippen LogP contribution in [0, 0.1) is 0 Å². The number of nitrogens with one attached hydrogen (secondary N) is 2. The maximum atomic E-state index is 10.8. The summed E-state index contributed by atoms with van der Waals surface area (Å²) in [4.78, 5) is 43.3. The van der Waals surface area contributed by atoms with Crippen LogP contribution in [-0.4, -0.2) is 56.3 Å². The Morgan fingerprint density at radius 2 is 0.938 bits per heavy atom. The molecule has 0 aliphatic carbocycles. The van der Waals surface area contributed by atoms with E-state index in [1.54, 1.807) is 24.3 Å². The minimum Gasteiger partial charge on any atom is -0.508 e. The lowest BCUT2D eigenvalue weighted by molar-refractivity contribution is -0.141. The summed E-state index contributed by atoms with van der Waals surface area (Å²) in [6.07, 6.45) is 0.379. The van der Waals surface area contributed by atoms with Crippen molar-refractivity contribution in [2.45, 2.75) is 38.8 Å². The number of carboxylic acid groups (broad SMARTS) is 2. The number of rotatable bonds is 8. The van der Waals surface area contributed by atoms with Gasteiger partial charge in [-0.3, -0.25) is 9.59 Å².